The molecular formula is C12H20O. The van der Waals surface area contributed by atoms with Crippen LogP contribution in [0.15, 0.2) is 0 Å². The summed E-state index contributed by atoms with van der Waals surface area (Å²) < 4.78 is 0. The Labute approximate surface area is 80.5 Å². The number of rotatable bonds is 3. The lowest BCUT2D eigenvalue weighted by Gasteiger charge is -2.30. The molecule has 3 rings (SSSR count). The van der Waals surface area contributed by atoms with Gasteiger partial charge in [-0.2, -0.15) is 0 Å². The van der Waals surface area contributed by atoms with Gasteiger partial charge in [0.15, 0.2) is 0 Å². The molecule has 0 saturated heterocycles. The monoisotopic (exact) mass is 180 g/mol. The van der Waals surface area contributed by atoms with Gasteiger partial charge in [-0.3, -0.25) is 0 Å². The molecule has 3 aliphatic carbocycles. The molecule has 3 saturated carbocycles. The van der Waals surface area contributed by atoms with Gasteiger partial charge in [0.05, 0.1) is 6.10 Å². The lowest BCUT2D eigenvalue weighted by molar-refractivity contribution is 0.0629. The van der Waals surface area contributed by atoms with Crippen molar-refractivity contribution >= 4 is 0 Å². The molecule has 0 aromatic heterocycles. The minimum absolute atomic E-state index is 0.0538. The van der Waals surface area contributed by atoms with E-state index in [0.717, 1.165) is 24.2 Å². The van der Waals surface area contributed by atoms with Crippen molar-refractivity contribution in [3.05, 3.63) is 0 Å². The highest BCUT2D eigenvalue weighted by Gasteiger charge is 2.47. The summed E-state index contributed by atoms with van der Waals surface area (Å²) in [7, 11) is 0. The van der Waals surface area contributed by atoms with Gasteiger partial charge in [0.1, 0.15) is 0 Å². The molecular weight excluding hydrogens is 160 g/mol. The zero-order chi connectivity index (χ0) is 8.84. The van der Waals surface area contributed by atoms with E-state index in [1.165, 1.54) is 38.5 Å². The van der Waals surface area contributed by atoms with Crippen LogP contribution in [0.3, 0.4) is 0 Å². The maximum Gasteiger partial charge on any atom is 0.0571 e. The Morgan fingerprint density at radius 3 is 2.31 bits per heavy atom. The number of aliphatic hydroxyl groups excluding tert-OH is 1. The Hall–Kier alpha value is -0.0400. The van der Waals surface area contributed by atoms with Crippen LogP contribution in [0.2, 0.25) is 0 Å². The Kier molecular flexibility index (Phi) is 1.90. The van der Waals surface area contributed by atoms with Crippen LogP contribution in [0.1, 0.15) is 44.9 Å². The van der Waals surface area contributed by atoms with Gasteiger partial charge in [0.25, 0.3) is 0 Å². The van der Waals surface area contributed by atoms with Crippen LogP contribution >= 0.6 is 0 Å². The van der Waals surface area contributed by atoms with Crippen molar-refractivity contribution in [2.75, 3.05) is 0 Å². The van der Waals surface area contributed by atoms with E-state index in [0.29, 0.717) is 5.92 Å². The zero-order valence-electron chi connectivity index (χ0n) is 8.28. The zero-order valence-corrected chi connectivity index (χ0v) is 8.28. The summed E-state index contributed by atoms with van der Waals surface area (Å²) in [4.78, 5) is 0. The lowest BCUT2D eigenvalue weighted by atomic mass is 9.78. The van der Waals surface area contributed by atoms with Crippen LogP contribution in [0, 0.1) is 23.7 Å². The van der Waals surface area contributed by atoms with Gasteiger partial charge >= 0.3 is 0 Å². The van der Waals surface area contributed by atoms with Crippen molar-refractivity contribution in [3.63, 3.8) is 0 Å². The van der Waals surface area contributed by atoms with Gasteiger partial charge in [-0.15, -0.1) is 0 Å². The molecule has 3 aliphatic rings. The molecule has 0 bridgehead atoms. The fourth-order valence-electron chi connectivity index (χ4n) is 3.34. The fraction of sp³-hybridized carbons (Fsp3) is 1.00. The smallest absolute Gasteiger partial charge is 0.0571 e. The first-order chi connectivity index (χ1) is 6.33. The third-order valence-corrected chi connectivity index (χ3v) is 4.62. The van der Waals surface area contributed by atoms with Crippen molar-refractivity contribution in [1.29, 1.82) is 0 Å². The van der Waals surface area contributed by atoms with Crippen LogP contribution in [-0.2, 0) is 0 Å². The van der Waals surface area contributed by atoms with Gasteiger partial charge in [0, 0.05) is 0 Å². The summed E-state index contributed by atoms with van der Waals surface area (Å²) in [6, 6.07) is 0. The van der Waals surface area contributed by atoms with E-state index in [9.17, 15) is 5.11 Å². The van der Waals surface area contributed by atoms with Crippen LogP contribution in [0.5, 0.6) is 0 Å². The van der Waals surface area contributed by atoms with E-state index in [4.69, 9.17) is 0 Å². The van der Waals surface area contributed by atoms with E-state index in [1.807, 2.05) is 0 Å². The average Bonchev–Trinajstić information content (AvgIpc) is 2.66. The standard InChI is InChI=1S/C12H20O/c13-12(4-8-2-1-3-8)11-6-9-5-10(9)7-11/h8-13H,1-7H2. The minimum atomic E-state index is 0.0538. The van der Waals surface area contributed by atoms with E-state index in [1.54, 1.807) is 0 Å². The maximum atomic E-state index is 10.0. The molecule has 1 N–H and O–H groups in total. The van der Waals surface area contributed by atoms with E-state index in [2.05, 4.69) is 0 Å². The SMILES string of the molecule is OC(CC1CCC1)C1CC2CC2C1. The molecule has 74 valence electrons. The topological polar surface area (TPSA) is 20.2 Å². The quantitative estimate of drug-likeness (QED) is 0.707. The van der Waals surface area contributed by atoms with Crippen molar-refractivity contribution in [3.8, 4) is 0 Å². The maximum absolute atomic E-state index is 10.0. The Bertz CT molecular complexity index is 187. The van der Waals surface area contributed by atoms with E-state index in [-0.39, 0.29) is 6.10 Å². The fourth-order valence-corrected chi connectivity index (χ4v) is 3.34. The average molecular weight is 180 g/mol. The number of hydrogen-bond donors (Lipinski definition) is 1. The summed E-state index contributed by atoms with van der Waals surface area (Å²) in [5.74, 6) is 3.62. The Balaban J connectivity index is 1.47. The van der Waals surface area contributed by atoms with Gasteiger partial charge in [0.2, 0.25) is 0 Å². The van der Waals surface area contributed by atoms with Gasteiger partial charge in [-0.25, -0.2) is 0 Å². The summed E-state index contributed by atoms with van der Waals surface area (Å²) in [5, 5.41) is 10.0. The van der Waals surface area contributed by atoms with Gasteiger partial charge in [-0.1, -0.05) is 19.3 Å². The highest BCUT2D eigenvalue weighted by Crippen LogP contribution is 2.55. The van der Waals surface area contributed by atoms with E-state index >= 15 is 0 Å². The highest BCUT2D eigenvalue weighted by atomic mass is 16.3. The first-order valence-corrected chi connectivity index (χ1v) is 6.01. The molecule has 0 radical (unpaired) electrons. The minimum Gasteiger partial charge on any atom is -0.393 e. The van der Waals surface area contributed by atoms with Crippen molar-refractivity contribution in [2.24, 2.45) is 23.7 Å². The van der Waals surface area contributed by atoms with Gasteiger partial charge in [-0.05, 0) is 49.4 Å². The van der Waals surface area contributed by atoms with Crippen molar-refractivity contribution < 1.29 is 5.11 Å². The summed E-state index contributed by atoms with van der Waals surface area (Å²) in [5.41, 5.74) is 0. The molecule has 3 unspecified atom stereocenters. The second-order valence-corrected chi connectivity index (χ2v) is 5.59. The molecule has 0 amide bonds. The number of aliphatic hydroxyl groups is 1. The van der Waals surface area contributed by atoms with Crippen LogP contribution in [0.4, 0.5) is 0 Å². The molecule has 3 atom stereocenters. The normalized spacial score (nSPS) is 45.5. The summed E-state index contributed by atoms with van der Waals surface area (Å²) >= 11 is 0. The molecule has 1 nitrogen and oxygen atoms in total. The third-order valence-electron chi connectivity index (χ3n) is 4.62. The molecule has 0 aliphatic heterocycles. The molecule has 1 heteroatoms. The third kappa shape index (κ3) is 1.52. The van der Waals surface area contributed by atoms with E-state index < -0.39 is 0 Å². The Morgan fingerprint density at radius 1 is 1.08 bits per heavy atom. The predicted molar refractivity (Wildman–Crippen MR) is 52.3 cm³/mol. The highest BCUT2D eigenvalue weighted by molar-refractivity contribution is 4.98. The molecule has 0 aromatic carbocycles. The number of hydrogen-bond acceptors (Lipinski definition) is 1. The van der Waals surface area contributed by atoms with Crippen molar-refractivity contribution in [2.45, 2.75) is 51.0 Å². The first-order valence-electron chi connectivity index (χ1n) is 6.01. The summed E-state index contributed by atoms with van der Waals surface area (Å²) in [6.45, 7) is 0. The molecule has 0 aromatic rings. The largest absolute Gasteiger partial charge is 0.393 e. The molecule has 0 spiro atoms. The molecule has 3 fully saturated rings. The van der Waals surface area contributed by atoms with Crippen LogP contribution in [0.25, 0.3) is 0 Å². The van der Waals surface area contributed by atoms with Crippen LogP contribution in [-0.4, -0.2) is 11.2 Å². The molecule has 13 heavy (non-hydrogen) atoms. The van der Waals surface area contributed by atoms with Gasteiger partial charge < -0.3 is 5.11 Å². The second-order valence-electron chi connectivity index (χ2n) is 5.59. The second kappa shape index (κ2) is 2.98. The number of fused-ring (bicyclic) bond motifs is 1. The lowest BCUT2D eigenvalue weighted by Crippen LogP contribution is -2.25. The predicted octanol–water partition coefficient (Wildman–Crippen LogP) is 2.58. The summed E-state index contributed by atoms with van der Waals surface area (Å²) in [6.07, 6.45) is 9.52. The first kappa shape index (κ1) is 8.28. The van der Waals surface area contributed by atoms with Crippen molar-refractivity contribution in [1.82, 2.24) is 0 Å². The van der Waals surface area contributed by atoms with Crippen LogP contribution < -0.4 is 0 Å². The Morgan fingerprint density at radius 2 is 1.77 bits per heavy atom. The molecule has 0 heterocycles.